The molecule has 2 aromatic carbocycles. The molecular formula is C21H25ClN2O3. The molecule has 1 N–H and O–H groups in total. The van der Waals surface area contributed by atoms with Crippen molar-refractivity contribution in [2.75, 3.05) is 13.2 Å². The van der Waals surface area contributed by atoms with Crippen LogP contribution in [0.25, 0.3) is 0 Å². The number of halogens is 1. The molecule has 0 radical (unpaired) electrons. The fraction of sp³-hybridized carbons (Fsp3) is 0.333. The van der Waals surface area contributed by atoms with Crippen LogP contribution in [0, 0.1) is 6.92 Å². The van der Waals surface area contributed by atoms with Gasteiger partial charge in [0.05, 0.1) is 0 Å². The molecule has 0 aliphatic rings. The highest BCUT2D eigenvalue weighted by Crippen LogP contribution is 2.16. The normalized spacial score (nSPS) is 11.6. The third kappa shape index (κ3) is 6.29. The number of carbonyl (C=O) groups is 2. The number of aryl methyl sites for hydroxylation is 1. The monoisotopic (exact) mass is 388 g/mol. The van der Waals surface area contributed by atoms with Gasteiger partial charge < -0.3 is 15.0 Å². The van der Waals surface area contributed by atoms with Gasteiger partial charge in [0.15, 0.2) is 6.61 Å². The third-order valence-corrected chi connectivity index (χ3v) is 4.42. The van der Waals surface area contributed by atoms with E-state index in [0.717, 1.165) is 11.1 Å². The van der Waals surface area contributed by atoms with Crippen molar-refractivity contribution >= 4 is 23.4 Å². The predicted molar refractivity (Wildman–Crippen MR) is 107 cm³/mol. The Labute approximate surface area is 165 Å². The highest BCUT2D eigenvalue weighted by Gasteiger charge is 2.26. The summed E-state index contributed by atoms with van der Waals surface area (Å²) in [7, 11) is 0. The van der Waals surface area contributed by atoms with E-state index in [2.05, 4.69) is 5.32 Å². The number of rotatable bonds is 8. The van der Waals surface area contributed by atoms with Crippen molar-refractivity contribution in [3.63, 3.8) is 0 Å². The standard InChI is InChI=1S/C21H25ClN2O3/c1-4-23-21(26)16(3)24(13-17-7-5-15(2)6-8-17)20(25)14-27-19-11-9-18(22)10-12-19/h5-12,16H,4,13-14H2,1-3H3,(H,23,26). The van der Waals surface area contributed by atoms with Gasteiger partial charge in [0, 0.05) is 18.1 Å². The first-order valence-electron chi connectivity index (χ1n) is 8.91. The zero-order valence-corrected chi connectivity index (χ0v) is 16.6. The maximum atomic E-state index is 12.8. The van der Waals surface area contributed by atoms with Gasteiger partial charge in [0.2, 0.25) is 5.91 Å². The average Bonchev–Trinajstić information content (AvgIpc) is 2.66. The first-order valence-corrected chi connectivity index (χ1v) is 9.29. The van der Waals surface area contributed by atoms with Gasteiger partial charge in [-0.2, -0.15) is 0 Å². The van der Waals surface area contributed by atoms with Crippen LogP contribution in [0.2, 0.25) is 5.02 Å². The summed E-state index contributed by atoms with van der Waals surface area (Å²) in [5.41, 5.74) is 2.09. The van der Waals surface area contributed by atoms with E-state index in [-0.39, 0.29) is 18.4 Å². The second-order valence-electron chi connectivity index (χ2n) is 6.32. The van der Waals surface area contributed by atoms with Crippen molar-refractivity contribution in [2.45, 2.75) is 33.4 Å². The number of hydrogen-bond acceptors (Lipinski definition) is 3. The number of amides is 2. The van der Waals surface area contributed by atoms with Crippen LogP contribution in [0.15, 0.2) is 48.5 Å². The second-order valence-corrected chi connectivity index (χ2v) is 6.76. The maximum Gasteiger partial charge on any atom is 0.261 e. The topological polar surface area (TPSA) is 58.6 Å². The van der Waals surface area contributed by atoms with Gasteiger partial charge in [0.1, 0.15) is 11.8 Å². The Balaban J connectivity index is 2.11. The number of hydrogen-bond donors (Lipinski definition) is 1. The summed E-state index contributed by atoms with van der Waals surface area (Å²) in [6.07, 6.45) is 0. The van der Waals surface area contributed by atoms with Gasteiger partial charge in [-0.25, -0.2) is 0 Å². The molecule has 5 nitrogen and oxygen atoms in total. The molecule has 0 spiro atoms. The van der Waals surface area contributed by atoms with Crippen LogP contribution in [-0.2, 0) is 16.1 Å². The molecule has 144 valence electrons. The zero-order valence-electron chi connectivity index (χ0n) is 15.9. The van der Waals surface area contributed by atoms with Gasteiger partial charge in [0.25, 0.3) is 5.91 Å². The van der Waals surface area contributed by atoms with Crippen molar-refractivity contribution in [2.24, 2.45) is 0 Å². The van der Waals surface area contributed by atoms with E-state index in [4.69, 9.17) is 16.3 Å². The van der Waals surface area contributed by atoms with E-state index in [1.165, 1.54) is 4.90 Å². The first kappa shape index (κ1) is 20.8. The molecule has 0 saturated carbocycles. The molecule has 0 bridgehead atoms. The molecule has 0 aromatic heterocycles. The summed E-state index contributed by atoms with van der Waals surface area (Å²) in [6.45, 7) is 6.26. The smallest absolute Gasteiger partial charge is 0.261 e. The van der Waals surface area contributed by atoms with Crippen molar-refractivity contribution in [3.05, 3.63) is 64.7 Å². The Morgan fingerprint density at radius 2 is 1.74 bits per heavy atom. The minimum atomic E-state index is -0.604. The van der Waals surface area contributed by atoms with Gasteiger partial charge in [-0.3, -0.25) is 9.59 Å². The molecule has 2 aromatic rings. The molecule has 0 aliphatic carbocycles. The summed E-state index contributed by atoms with van der Waals surface area (Å²) in [4.78, 5) is 26.6. The summed E-state index contributed by atoms with van der Waals surface area (Å²) in [5, 5.41) is 3.36. The molecule has 0 heterocycles. The lowest BCUT2D eigenvalue weighted by molar-refractivity contribution is -0.142. The van der Waals surface area contributed by atoms with E-state index >= 15 is 0 Å². The minimum absolute atomic E-state index is 0.156. The van der Waals surface area contributed by atoms with E-state index in [1.54, 1.807) is 31.2 Å². The minimum Gasteiger partial charge on any atom is -0.484 e. The Morgan fingerprint density at radius 3 is 2.33 bits per heavy atom. The van der Waals surface area contributed by atoms with Gasteiger partial charge >= 0.3 is 0 Å². The fourth-order valence-corrected chi connectivity index (χ4v) is 2.68. The quantitative estimate of drug-likeness (QED) is 0.751. The Kier molecular flexibility index (Phi) is 7.67. The molecule has 0 fully saturated rings. The first-order chi connectivity index (χ1) is 12.9. The number of nitrogens with zero attached hydrogens (tertiary/aromatic N) is 1. The fourth-order valence-electron chi connectivity index (χ4n) is 2.55. The molecule has 2 amide bonds. The Hall–Kier alpha value is -2.53. The van der Waals surface area contributed by atoms with Crippen molar-refractivity contribution in [1.82, 2.24) is 10.2 Å². The number of nitrogens with one attached hydrogen (secondary N) is 1. The average molecular weight is 389 g/mol. The molecule has 1 unspecified atom stereocenters. The second kappa shape index (κ2) is 9.97. The van der Waals surface area contributed by atoms with Crippen LogP contribution < -0.4 is 10.1 Å². The molecule has 6 heteroatoms. The number of likely N-dealkylation sites (N-methyl/N-ethyl adjacent to an activating group) is 1. The highest BCUT2D eigenvalue weighted by molar-refractivity contribution is 6.30. The summed E-state index contributed by atoms with van der Waals surface area (Å²) in [5.74, 6) is 0.0995. The molecular weight excluding hydrogens is 364 g/mol. The predicted octanol–water partition coefficient (Wildman–Crippen LogP) is 3.58. The van der Waals surface area contributed by atoms with Crippen LogP contribution in [-0.4, -0.2) is 35.9 Å². The highest BCUT2D eigenvalue weighted by atomic mass is 35.5. The van der Waals surface area contributed by atoms with Crippen LogP contribution in [0.1, 0.15) is 25.0 Å². The van der Waals surface area contributed by atoms with Crippen molar-refractivity contribution < 1.29 is 14.3 Å². The molecule has 0 aliphatic heterocycles. The summed E-state index contributed by atoms with van der Waals surface area (Å²) < 4.78 is 5.57. The molecule has 2 rings (SSSR count). The van der Waals surface area contributed by atoms with E-state index < -0.39 is 6.04 Å². The molecule has 1 atom stereocenters. The molecule has 27 heavy (non-hydrogen) atoms. The lowest BCUT2D eigenvalue weighted by atomic mass is 10.1. The third-order valence-electron chi connectivity index (χ3n) is 4.17. The zero-order chi connectivity index (χ0) is 19.8. The Bertz CT molecular complexity index is 760. The lowest BCUT2D eigenvalue weighted by Crippen LogP contribution is -2.49. The number of ether oxygens (including phenoxy) is 1. The lowest BCUT2D eigenvalue weighted by Gasteiger charge is -2.28. The van der Waals surface area contributed by atoms with Gasteiger partial charge in [-0.15, -0.1) is 0 Å². The number of benzene rings is 2. The SMILES string of the molecule is CCNC(=O)C(C)N(Cc1ccc(C)cc1)C(=O)COc1ccc(Cl)cc1. The Morgan fingerprint density at radius 1 is 1.11 bits per heavy atom. The van der Waals surface area contributed by atoms with E-state index in [9.17, 15) is 9.59 Å². The van der Waals surface area contributed by atoms with Crippen LogP contribution in [0.4, 0.5) is 0 Å². The van der Waals surface area contributed by atoms with Crippen LogP contribution in [0.5, 0.6) is 5.75 Å². The summed E-state index contributed by atoms with van der Waals surface area (Å²) >= 11 is 5.86. The largest absolute Gasteiger partial charge is 0.484 e. The molecule has 0 saturated heterocycles. The van der Waals surface area contributed by atoms with Crippen LogP contribution >= 0.6 is 11.6 Å². The van der Waals surface area contributed by atoms with Gasteiger partial charge in [-0.1, -0.05) is 41.4 Å². The van der Waals surface area contributed by atoms with E-state index in [1.807, 2.05) is 38.1 Å². The number of carbonyl (C=O) groups excluding carboxylic acids is 2. The summed E-state index contributed by atoms with van der Waals surface area (Å²) in [6, 6.07) is 14.1. The maximum absolute atomic E-state index is 12.8. The van der Waals surface area contributed by atoms with Crippen LogP contribution in [0.3, 0.4) is 0 Å². The van der Waals surface area contributed by atoms with Crippen molar-refractivity contribution in [3.8, 4) is 5.75 Å². The van der Waals surface area contributed by atoms with Crippen molar-refractivity contribution in [1.29, 1.82) is 0 Å². The van der Waals surface area contributed by atoms with E-state index in [0.29, 0.717) is 23.9 Å². The van der Waals surface area contributed by atoms with Gasteiger partial charge in [-0.05, 0) is 50.6 Å².